The van der Waals surface area contributed by atoms with Crippen molar-refractivity contribution >= 4 is 5.69 Å². The molecule has 0 aromatic heterocycles. The molecule has 0 amide bonds. The Balaban J connectivity index is 1.75. The molecule has 1 aromatic rings. The van der Waals surface area contributed by atoms with E-state index in [4.69, 9.17) is 4.74 Å². The van der Waals surface area contributed by atoms with Gasteiger partial charge in [-0.2, -0.15) is 0 Å². The number of benzene rings is 1. The largest absolute Gasteiger partial charge is 0.497 e. The number of nitrogens with one attached hydrogen (secondary N) is 1. The van der Waals surface area contributed by atoms with Gasteiger partial charge in [0, 0.05) is 30.4 Å². The second-order valence-corrected chi connectivity index (χ2v) is 6.25. The molecule has 2 fully saturated rings. The van der Waals surface area contributed by atoms with E-state index in [9.17, 15) is 5.11 Å². The maximum absolute atomic E-state index is 9.92. The molecule has 2 aliphatic rings. The number of likely N-dealkylation sites (tertiary alicyclic amines) is 1. The molecule has 2 N–H and O–H groups in total. The Labute approximate surface area is 120 Å². The highest BCUT2D eigenvalue weighted by atomic mass is 16.5. The van der Waals surface area contributed by atoms with Crippen LogP contribution < -0.4 is 10.1 Å². The summed E-state index contributed by atoms with van der Waals surface area (Å²) in [6.07, 6.45) is 3.60. The maximum atomic E-state index is 9.92. The molecule has 0 bridgehead atoms. The number of aliphatic hydroxyl groups is 1. The molecule has 0 radical (unpaired) electrons. The van der Waals surface area contributed by atoms with Gasteiger partial charge in [-0.05, 0) is 38.3 Å². The second-order valence-electron chi connectivity index (χ2n) is 6.25. The smallest absolute Gasteiger partial charge is 0.120 e. The van der Waals surface area contributed by atoms with Crippen LogP contribution in [0.3, 0.4) is 0 Å². The Morgan fingerprint density at radius 1 is 1.45 bits per heavy atom. The lowest BCUT2D eigenvalue weighted by Crippen LogP contribution is -2.45. The van der Waals surface area contributed by atoms with Gasteiger partial charge in [0.25, 0.3) is 0 Å². The van der Waals surface area contributed by atoms with E-state index in [0.29, 0.717) is 6.04 Å². The van der Waals surface area contributed by atoms with E-state index in [1.807, 2.05) is 24.3 Å². The normalized spacial score (nSPS) is 30.4. The third-order valence-electron chi connectivity index (χ3n) is 4.54. The minimum Gasteiger partial charge on any atom is -0.497 e. The second kappa shape index (κ2) is 5.26. The first-order valence-corrected chi connectivity index (χ1v) is 7.45. The van der Waals surface area contributed by atoms with Gasteiger partial charge in [-0.1, -0.05) is 6.07 Å². The standard InChI is InChI=1S/C16H24N2O2/c1-12-9-16(11-19,10-18(12)14-6-7-14)17-13-4-3-5-15(8-13)20-2/h3-5,8,12,14,17,19H,6-7,9-11H2,1-2H3. The topological polar surface area (TPSA) is 44.7 Å². The maximum Gasteiger partial charge on any atom is 0.120 e. The summed E-state index contributed by atoms with van der Waals surface area (Å²) in [5.74, 6) is 0.841. The summed E-state index contributed by atoms with van der Waals surface area (Å²) >= 11 is 0. The van der Waals surface area contributed by atoms with Crippen molar-refractivity contribution in [2.24, 2.45) is 0 Å². The SMILES string of the molecule is COc1cccc(NC2(CO)CC(C)N(C3CC3)C2)c1. The van der Waals surface area contributed by atoms with Gasteiger partial charge in [0.1, 0.15) is 5.75 Å². The molecule has 20 heavy (non-hydrogen) atoms. The van der Waals surface area contributed by atoms with Crippen LogP contribution in [0.5, 0.6) is 5.75 Å². The fourth-order valence-corrected chi connectivity index (χ4v) is 3.40. The summed E-state index contributed by atoms with van der Waals surface area (Å²) in [4.78, 5) is 2.55. The van der Waals surface area contributed by atoms with Gasteiger partial charge in [0.15, 0.2) is 0 Å². The first-order chi connectivity index (χ1) is 9.65. The van der Waals surface area contributed by atoms with Crippen molar-refractivity contribution in [1.82, 2.24) is 4.90 Å². The number of hydrogen-bond donors (Lipinski definition) is 2. The van der Waals surface area contributed by atoms with Crippen molar-refractivity contribution in [3.8, 4) is 5.75 Å². The first kappa shape index (κ1) is 13.7. The third kappa shape index (κ3) is 2.63. The van der Waals surface area contributed by atoms with Crippen LogP contribution >= 0.6 is 0 Å². The lowest BCUT2D eigenvalue weighted by atomic mass is 9.97. The summed E-state index contributed by atoms with van der Waals surface area (Å²) in [7, 11) is 1.67. The molecule has 2 unspecified atom stereocenters. The van der Waals surface area contributed by atoms with Crippen LogP contribution in [0.4, 0.5) is 5.69 Å². The van der Waals surface area contributed by atoms with Gasteiger partial charge in [-0.15, -0.1) is 0 Å². The summed E-state index contributed by atoms with van der Waals surface area (Å²) in [6.45, 7) is 3.35. The summed E-state index contributed by atoms with van der Waals surface area (Å²) in [6, 6.07) is 9.21. The van der Waals surface area contributed by atoms with Crippen molar-refractivity contribution < 1.29 is 9.84 Å². The van der Waals surface area contributed by atoms with Crippen LogP contribution in [0.15, 0.2) is 24.3 Å². The van der Waals surface area contributed by atoms with E-state index in [1.165, 1.54) is 12.8 Å². The van der Waals surface area contributed by atoms with Gasteiger partial charge in [0.2, 0.25) is 0 Å². The zero-order valence-corrected chi connectivity index (χ0v) is 12.3. The van der Waals surface area contributed by atoms with Gasteiger partial charge in [0.05, 0.1) is 19.3 Å². The van der Waals surface area contributed by atoms with Crippen molar-refractivity contribution in [3.05, 3.63) is 24.3 Å². The van der Waals surface area contributed by atoms with E-state index in [2.05, 4.69) is 17.1 Å². The molecule has 1 aliphatic heterocycles. The van der Waals surface area contributed by atoms with E-state index < -0.39 is 0 Å². The number of aliphatic hydroxyl groups excluding tert-OH is 1. The minimum absolute atomic E-state index is 0.164. The van der Waals surface area contributed by atoms with Gasteiger partial charge < -0.3 is 15.2 Å². The van der Waals surface area contributed by atoms with Crippen molar-refractivity contribution in [3.63, 3.8) is 0 Å². The fourth-order valence-electron chi connectivity index (χ4n) is 3.40. The van der Waals surface area contributed by atoms with Gasteiger partial charge >= 0.3 is 0 Å². The number of hydrogen-bond acceptors (Lipinski definition) is 4. The van der Waals surface area contributed by atoms with E-state index in [0.717, 1.165) is 30.4 Å². The van der Waals surface area contributed by atoms with Crippen LogP contribution in [0.25, 0.3) is 0 Å². The number of methoxy groups -OCH3 is 1. The van der Waals surface area contributed by atoms with Crippen LogP contribution in [0.1, 0.15) is 26.2 Å². The van der Waals surface area contributed by atoms with Crippen molar-refractivity contribution in [2.45, 2.75) is 43.8 Å². The zero-order valence-electron chi connectivity index (χ0n) is 12.3. The van der Waals surface area contributed by atoms with E-state index in [-0.39, 0.29) is 12.1 Å². The first-order valence-electron chi connectivity index (χ1n) is 7.45. The lowest BCUT2D eigenvalue weighted by Gasteiger charge is -2.30. The molecule has 1 aliphatic carbocycles. The van der Waals surface area contributed by atoms with Crippen molar-refractivity contribution in [2.75, 3.05) is 25.6 Å². The quantitative estimate of drug-likeness (QED) is 0.864. The number of rotatable bonds is 5. The summed E-state index contributed by atoms with van der Waals surface area (Å²) < 4.78 is 5.26. The van der Waals surface area contributed by atoms with Crippen molar-refractivity contribution in [1.29, 1.82) is 0 Å². The predicted octanol–water partition coefficient (Wildman–Crippen LogP) is 2.09. The highest BCUT2D eigenvalue weighted by molar-refractivity contribution is 5.50. The van der Waals surface area contributed by atoms with Gasteiger partial charge in [-0.3, -0.25) is 4.90 Å². The molecule has 110 valence electrons. The third-order valence-corrected chi connectivity index (χ3v) is 4.54. The molecular formula is C16H24N2O2. The Morgan fingerprint density at radius 3 is 2.90 bits per heavy atom. The highest BCUT2D eigenvalue weighted by Crippen LogP contribution is 2.38. The van der Waals surface area contributed by atoms with E-state index >= 15 is 0 Å². The van der Waals surface area contributed by atoms with Crippen LogP contribution in [-0.4, -0.2) is 47.9 Å². The van der Waals surface area contributed by atoms with Gasteiger partial charge in [-0.25, -0.2) is 0 Å². The molecule has 0 spiro atoms. The number of anilines is 1. The zero-order chi connectivity index (χ0) is 14.2. The average Bonchev–Trinajstić information content (AvgIpc) is 3.24. The Morgan fingerprint density at radius 2 is 2.25 bits per heavy atom. The molecule has 4 heteroatoms. The number of ether oxygens (including phenoxy) is 1. The van der Waals surface area contributed by atoms with Crippen LogP contribution in [-0.2, 0) is 0 Å². The van der Waals surface area contributed by atoms with Crippen LogP contribution in [0.2, 0.25) is 0 Å². The van der Waals surface area contributed by atoms with E-state index in [1.54, 1.807) is 7.11 Å². The predicted molar refractivity (Wildman–Crippen MR) is 80.2 cm³/mol. The highest BCUT2D eigenvalue weighted by Gasteiger charge is 2.46. The average molecular weight is 276 g/mol. The lowest BCUT2D eigenvalue weighted by molar-refractivity contribution is 0.201. The van der Waals surface area contributed by atoms with Crippen LogP contribution in [0, 0.1) is 0 Å². The molecule has 1 aromatic carbocycles. The Bertz CT molecular complexity index is 475. The fraction of sp³-hybridized carbons (Fsp3) is 0.625. The Hall–Kier alpha value is -1.26. The summed E-state index contributed by atoms with van der Waals surface area (Å²) in [5.41, 5.74) is 0.789. The molecule has 1 heterocycles. The molecular weight excluding hydrogens is 252 g/mol. The number of nitrogens with zero attached hydrogens (tertiary/aromatic N) is 1. The summed E-state index contributed by atoms with van der Waals surface area (Å²) in [5, 5.41) is 13.5. The Kier molecular flexibility index (Phi) is 3.61. The molecule has 4 nitrogen and oxygen atoms in total. The minimum atomic E-state index is -0.228. The molecule has 1 saturated carbocycles. The molecule has 3 rings (SSSR count). The molecule has 1 saturated heterocycles. The molecule has 2 atom stereocenters. The monoisotopic (exact) mass is 276 g/mol.